The molecule has 0 saturated carbocycles. The van der Waals surface area contributed by atoms with Gasteiger partial charge >= 0.3 is 65.4 Å². The minimum absolute atomic E-state index is 0. The van der Waals surface area contributed by atoms with E-state index in [0.717, 1.165) is 12.8 Å². The molecule has 0 unspecified atom stereocenters. The topological polar surface area (TPSA) is 0 Å². The zero-order valence-electron chi connectivity index (χ0n) is 4.82. The third-order valence-electron chi connectivity index (χ3n) is 0.447. The van der Waals surface area contributed by atoms with Crippen LogP contribution in [0.5, 0.6) is 0 Å². The first kappa shape index (κ1) is 10.6. The van der Waals surface area contributed by atoms with Crippen molar-refractivity contribution in [3.8, 4) is 10.7 Å². The van der Waals surface area contributed by atoms with Crippen molar-refractivity contribution >= 4 is 16.0 Å². The van der Waals surface area contributed by atoms with Crippen molar-refractivity contribution in [3.05, 3.63) is 0 Å². The molecule has 0 aliphatic heterocycles. The SMILES string of the molecule is CCCC#C[Se-].[Li+]. The van der Waals surface area contributed by atoms with Gasteiger partial charge in [-0.3, -0.25) is 0 Å². The number of rotatable bonds is 1. The van der Waals surface area contributed by atoms with Crippen LogP contribution in [0.15, 0.2) is 0 Å². The molecule has 0 aliphatic carbocycles. The van der Waals surface area contributed by atoms with E-state index in [4.69, 9.17) is 0 Å². The van der Waals surface area contributed by atoms with E-state index in [1.165, 1.54) is 0 Å². The summed E-state index contributed by atoms with van der Waals surface area (Å²) in [5, 5.41) is 0. The van der Waals surface area contributed by atoms with E-state index in [9.17, 15) is 0 Å². The largest absolute Gasteiger partial charge is 1.00 e. The second-order valence-electron chi connectivity index (χ2n) is 1.03. The van der Waals surface area contributed by atoms with Gasteiger partial charge in [0, 0.05) is 0 Å². The molecular formula is C5H7LiSe. The summed E-state index contributed by atoms with van der Waals surface area (Å²) in [5.41, 5.74) is 0. The summed E-state index contributed by atoms with van der Waals surface area (Å²) in [6, 6.07) is 0. The van der Waals surface area contributed by atoms with Crippen LogP contribution < -0.4 is 18.9 Å². The van der Waals surface area contributed by atoms with E-state index in [1.807, 2.05) is 0 Å². The molecule has 0 radical (unpaired) electrons. The minimum Gasteiger partial charge on any atom is 1.00 e. The molecule has 0 fully saturated rings. The maximum Gasteiger partial charge on any atom is 1.00 e. The van der Waals surface area contributed by atoms with E-state index in [2.05, 4.69) is 33.7 Å². The first-order valence-electron chi connectivity index (χ1n) is 2.01. The van der Waals surface area contributed by atoms with Gasteiger partial charge in [-0.25, -0.2) is 0 Å². The Labute approximate surface area is 65.4 Å². The predicted octanol–water partition coefficient (Wildman–Crippen LogP) is -2.08. The van der Waals surface area contributed by atoms with Gasteiger partial charge in [-0.1, -0.05) is 0 Å². The van der Waals surface area contributed by atoms with Gasteiger partial charge in [0.25, 0.3) is 0 Å². The molecule has 0 rings (SSSR count). The van der Waals surface area contributed by atoms with Crippen molar-refractivity contribution in [2.75, 3.05) is 0 Å². The van der Waals surface area contributed by atoms with Gasteiger partial charge in [0.1, 0.15) is 0 Å². The monoisotopic (exact) mass is 154 g/mol. The molecule has 0 atom stereocenters. The molecule has 0 nitrogen and oxygen atoms in total. The van der Waals surface area contributed by atoms with Crippen LogP contribution in [0.2, 0.25) is 0 Å². The van der Waals surface area contributed by atoms with Crippen LogP contribution in [0.3, 0.4) is 0 Å². The molecule has 0 bridgehead atoms. The van der Waals surface area contributed by atoms with Crippen LogP contribution in [-0.4, -0.2) is 16.0 Å². The summed E-state index contributed by atoms with van der Waals surface area (Å²) < 4.78 is 0. The zero-order valence-corrected chi connectivity index (χ0v) is 6.54. The van der Waals surface area contributed by atoms with E-state index < -0.39 is 0 Å². The van der Waals surface area contributed by atoms with Crippen LogP contribution in [0.1, 0.15) is 19.8 Å². The van der Waals surface area contributed by atoms with Gasteiger partial charge in [0.15, 0.2) is 0 Å². The summed E-state index contributed by atoms with van der Waals surface area (Å²) in [4.78, 5) is 2.69. The number of hydrogen-bond donors (Lipinski definition) is 0. The second-order valence-corrected chi connectivity index (χ2v) is 1.46. The fourth-order valence-corrected chi connectivity index (χ4v) is 0.390. The van der Waals surface area contributed by atoms with Crippen LogP contribution in [0, 0.1) is 10.7 Å². The van der Waals surface area contributed by atoms with Crippen molar-refractivity contribution in [3.63, 3.8) is 0 Å². The van der Waals surface area contributed by atoms with Crippen molar-refractivity contribution in [1.29, 1.82) is 0 Å². The minimum atomic E-state index is 0. The number of unbranched alkanes of at least 4 members (excludes halogenated alkanes) is 1. The van der Waals surface area contributed by atoms with Gasteiger partial charge in [0.05, 0.1) is 0 Å². The molecule has 0 spiro atoms. The Bertz CT molecular complexity index is 69.9. The average molecular weight is 153 g/mol. The average Bonchev–Trinajstić information content (AvgIpc) is 1.61. The van der Waals surface area contributed by atoms with Gasteiger partial charge in [0.2, 0.25) is 0 Å². The first-order chi connectivity index (χ1) is 2.91. The van der Waals surface area contributed by atoms with E-state index in [0.29, 0.717) is 0 Å². The van der Waals surface area contributed by atoms with Crippen molar-refractivity contribution in [1.82, 2.24) is 0 Å². The normalized spacial score (nSPS) is 5.29. The molecule has 0 amide bonds. The zero-order chi connectivity index (χ0) is 4.83. The van der Waals surface area contributed by atoms with Crippen LogP contribution in [0.25, 0.3) is 0 Å². The van der Waals surface area contributed by atoms with Crippen LogP contribution in [0.4, 0.5) is 0 Å². The molecule has 0 aliphatic rings. The fourth-order valence-electron chi connectivity index (χ4n) is 0.176. The van der Waals surface area contributed by atoms with Gasteiger partial charge in [-0.2, -0.15) is 0 Å². The van der Waals surface area contributed by atoms with Gasteiger partial charge < -0.3 is 0 Å². The van der Waals surface area contributed by atoms with Crippen molar-refractivity contribution in [2.45, 2.75) is 19.8 Å². The summed E-state index contributed by atoms with van der Waals surface area (Å²) in [5.74, 6) is 2.89. The Morgan fingerprint density at radius 3 is 2.29 bits per heavy atom. The molecule has 0 N–H and O–H groups in total. The molecule has 0 saturated heterocycles. The first-order valence-corrected chi connectivity index (χ1v) is 2.87. The van der Waals surface area contributed by atoms with Crippen molar-refractivity contribution < 1.29 is 18.9 Å². The Balaban J connectivity index is 0. The van der Waals surface area contributed by atoms with Crippen molar-refractivity contribution in [2.24, 2.45) is 0 Å². The summed E-state index contributed by atoms with van der Waals surface area (Å²) in [7, 11) is 0. The second kappa shape index (κ2) is 9.84. The van der Waals surface area contributed by atoms with E-state index in [-0.39, 0.29) is 18.9 Å². The summed E-state index contributed by atoms with van der Waals surface area (Å²) in [6.45, 7) is 2.12. The Kier molecular flexibility index (Phi) is 14.9. The third kappa shape index (κ3) is 10.8. The maximum absolute atomic E-state index is 2.89. The molecule has 0 aromatic carbocycles. The molecule has 0 aromatic heterocycles. The Hall–Kier alpha value is 0.677. The third-order valence-corrected chi connectivity index (χ3v) is 0.750. The van der Waals surface area contributed by atoms with Gasteiger partial charge in [-0.05, 0) is 0 Å². The van der Waals surface area contributed by atoms with Crippen LogP contribution in [-0.2, 0) is 0 Å². The number of hydrogen-bond acceptors (Lipinski definition) is 0. The fraction of sp³-hybridized carbons (Fsp3) is 0.600. The molecule has 7 heavy (non-hydrogen) atoms. The van der Waals surface area contributed by atoms with E-state index in [1.54, 1.807) is 0 Å². The molecule has 2 heteroatoms. The smallest absolute Gasteiger partial charge is 1.00 e. The quantitative estimate of drug-likeness (QED) is 0.299. The Morgan fingerprint density at radius 1 is 1.57 bits per heavy atom. The summed E-state index contributed by atoms with van der Waals surface area (Å²) in [6.07, 6.45) is 2.18. The Morgan fingerprint density at radius 2 is 2.14 bits per heavy atom. The van der Waals surface area contributed by atoms with Gasteiger partial charge in [-0.15, -0.1) is 0 Å². The standard InChI is InChI=1S/C5H8Se.Li/c1-2-3-4-5-6;/h6H,2-3H2,1H3;/q;+1/p-1. The molecule has 0 aromatic rings. The van der Waals surface area contributed by atoms with E-state index >= 15 is 0 Å². The molecular weight excluding hydrogens is 146 g/mol. The molecule has 0 heterocycles. The molecule has 34 valence electrons. The predicted molar refractivity (Wildman–Crippen MR) is 28.4 cm³/mol. The van der Waals surface area contributed by atoms with Crippen LogP contribution >= 0.6 is 0 Å². The summed E-state index contributed by atoms with van der Waals surface area (Å²) >= 11 is 2.62. The maximum atomic E-state index is 2.89.